The predicted molar refractivity (Wildman–Crippen MR) is 47.8 cm³/mol. The Morgan fingerprint density at radius 1 is 1.67 bits per heavy atom. The van der Waals surface area contributed by atoms with Crippen LogP contribution in [-0.2, 0) is 0 Å². The normalized spacial score (nSPS) is 18.5. The van der Waals surface area contributed by atoms with E-state index in [0.29, 0.717) is 12.6 Å². The lowest BCUT2D eigenvalue weighted by Gasteiger charge is -2.07. The summed E-state index contributed by atoms with van der Waals surface area (Å²) in [6, 6.07) is 0.532. The zero-order valence-corrected chi connectivity index (χ0v) is 7.47. The molecule has 12 heavy (non-hydrogen) atoms. The van der Waals surface area contributed by atoms with Gasteiger partial charge in [0.15, 0.2) is 0 Å². The molecule has 1 atom stereocenters. The number of nitrogens with one attached hydrogen (secondary N) is 2. The van der Waals surface area contributed by atoms with E-state index in [0.717, 1.165) is 19.3 Å². The van der Waals surface area contributed by atoms with Gasteiger partial charge in [-0.05, 0) is 26.2 Å². The molecule has 1 rings (SSSR count). The minimum absolute atomic E-state index is 0.0573. The number of hydrogen-bond donors (Lipinski definition) is 3. The third-order valence-corrected chi connectivity index (χ3v) is 1.80. The van der Waals surface area contributed by atoms with Gasteiger partial charge < -0.3 is 16.4 Å². The van der Waals surface area contributed by atoms with E-state index in [4.69, 9.17) is 5.73 Å². The first-order valence-corrected chi connectivity index (χ1v) is 4.48. The van der Waals surface area contributed by atoms with Gasteiger partial charge in [0.25, 0.3) is 0 Å². The molecule has 4 heteroatoms. The largest absolute Gasteiger partial charge is 0.338 e. The fraction of sp³-hybridized carbons (Fsp3) is 0.875. The summed E-state index contributed by atoms with van der Waals surface area (Å²) in [4.78, 5) is 11.0. The summed E-state index contributed by atoms with van der Waals surface area (Å²) < 4.78 is 0. The van der Waals surface area contributed by atoms with Crippen LogP contribution in [0.5, 0.6) is 0 Å². The highest BCUT2D eigenvalue weighted by molar-refractivity contribution is 5.74. The first-order valence-electron chi connectivity index (χ1n) is 4.48. The molecule has 1 aliphatic rings. The number of carbonyl (C=O) groups excluding carboxylic acids is 1. The van der Waals surface area contributed by atoms with Crippen molar-refractivity contribution in [3.63, 3.8) is 0 Å². The standard InChI is InChI=1S/C8H17N3O/c1-6(9)4-5-10-8(12)11-7-2-3-7/h6-7H,2-5,9H2,1H3,(H2,10,11,12). The number of nitrogens with two attached hydrogens (primary N) is 1. The maximum absolute atomic E-state index is 11.0. The first kappa shape index (κ1) is 9.32. The Morgan fingerprint density at radius 3 is 2.83 bits per heavy atom. The first-order chi connectivity index (χ1) is 5.68. The molecule has 0 aromatic rings. The van der Waals surface area contributed by atoms with Crippen LogP contribution in [0.15, 0.2) is 0 Å². The summed E-state index contributed by atoms with van der Waals surface area (Å²) in [5.74, 6) is 0. The summed E-state index contributed by atoms with van der Waals surface area (Å²) in [5.41, 5.74) is 5.52. The quantitative estimate of drug-likeness (QED) is 0.565. The molecule has 4 N–H and O–H groups in total. The highest BCUT2D eigenvalue weighted by Gasteiger charge is 2.22. The van der Waals surface area contributed by atoms with Crippen LogP contribution in [-0.4, -0.2) is 24.7 Å². The van der Waals surface area contributed by atoms with E-state index in [1.54, 1.807) is 0 Å². The Labute approximate surface area is 72.9 Å². The maximum Gasteiger partial charge on any atom is 0.315 e. The summed E-state index contributed by atoms with van der Waals surface area (Å²) in [5, 5.41) is 5.59. The van der Waals surface area contributed by atoms with Gasteiger partial charge in [0.05, 0.1) is 0 Å². The summed E-state index contributed by atoms with van der Waals surface area (Å²) >= 11 is 0. The molecule has 1 unspecified atom stereocenters. The second kappa shape index (κ2) is 4.30. The molecule has 0 bridgehead atoms. The van der Waals surface area contributed by atoms with E-state index in [1.165, 1.54) is 0 Å². The van der Waals surface area contributed by atoms with Gasteiger partial charge in [-0.3, -0.25) is 0 Å². The fourth-order valence-corrected chi connectivity index (χ4v) is 0.877. The lowest BCUT2D eigenvalue weighted by molar-refractivity contribution is 0.240. The fourth-order valence-electron chi connectivity index (χ4n) is 0.877. The second-order valence-corrected chi connectivity index (χ2v) is 3.44. The molecule has 0 radical (unpaired) electrons. The molecule has 0 saturated heterocycles. The molecule has 70 valence electrons. The van der Waals surface area contributed by atoms with Crippen molar-refractivity contribution in [3.8, 4) is 0 Å². The maximum atomic E-state index is 11.0. The Balaban J connectivity index is 1.94. The van der Waals surface area contributed by atoms with Crippen LogP contribution in [0.1, 0.15) is 26.2 Å². The molecular weight excluding hydrogens is 154 g/mol. The van der Waals surface area contributed by atoms with Gasteiger partial charge in [-0.1, -0.05) is 0 Å². The lowest BCUT2D eigenvalue weighted by Crippen LogP contribution is -2.38. The van der Waals surface area contributed by atoms with E-state index in [2.05, 4.69) is 10.6 Å². The van der Waals surface area contributed by atoms with Crippen molar-refractivity contribution >= 4 is 6.03 Å². The second-order valence-electron chi connectivity index (χ2n) is 3.44. The topological polar surface area (TPSA) is 67.1 Å². The van der Waals surface area contributed by atoms with Crippen LogP contribution in [0.2, 0.25) is 0 Å². The highest BCUT2D eigenvalue weighted by atomic mass is 16.2. The highest BCUT2D eigenvalue weighted by Crippen LogP contribution is 2.18. The average Bonchev–Trinajstić information content (AvgIpc) is 2.70. The van der Waals surface area contributed by atoms with Crippen LogP contribution >= 0.6 is 0 Å². The van der Waals surface area contributed by atoms with Crippen LogP contribution in [0.3, 0.4) is 0 Å². The summed E-state index contributed by atoms with van der Waals surface area (Å²) in [7, 11) is 0. The zero-order valence-electron chi connectivity index (χ0n) is 7.47. The van der Waals surface area contributed by atoms with Gasteiger partial charge in [-0.2, -0.15) is 0 Å². The predicted octanol–water partition coefficient (Wildman–Crippen LogP) is 0.185. The van der Waals surface area contributed by atoms with Gasteiger partial charge in [0, 0.05) is 18.6 Å². The molecule has 1 fully saturated rings. The molecule has 0 aliphatic heterocycles. The zero-order chi connectivity index (χ0) is 8.97. The molecule has 4 nitrogen and oxygen atoms in total. The van der Waals surface area contributed by atoms with E-state index >= 15 is 0 Å². The van der Waals surface area contributed by atoms with Crippen molar-refractivity contribution < 1.29 is 4.79 Å². The van der Waals surface area contributed by atoms with Gasteiger partial charge in [-0.15, -0.1) is 0 Å². The molecule has 1 saturated carbocycles. The SMILES string of the molecule is CC(N)CCNC(=O)NC1CC1. The van der Waals surface area contributed by atoms with E-state index in [1.807, 2.05) is 6.92 Å². The lowest BCUT2D eigenvalue weighted by atomic mass is 10.2. The van der Waals surface area contributed by atoms with E-state index in [-0.39, 0.29) is 12.1 Å². The average molecular weight is 171 g/mol. The van der Waals surface area contributed by atoms with Gasteiger partial charge >= 0.3 is 6.03 Å². The van der Waals surface area contributed by atoms with Crippen LogP contribution in [0.25, 0.3) is 0 Å². The number of urea groups is 1. The summed E-state index contributed by atoms with van der Waals surface area (Å²) in [6.45, 7) is 2.59. The molecule has 0 aromatic heterocycles. The Morgan fingerprint density at radius 2 is 2.33 bits per heavy atom. The van der Waals surface area contributed by atoms with Gasteiger partial charge in [0.1, 0.15) is 0 Å². The molecule has 0 aromatic carbocycles. The van der Waals surface area contributed by atoms with Gasteiger partial charge in [0.2, 0.25) is 0 Å². The van der Waals surface area contributed by atoms with Crippen LogP contribution < -0.4 is 16.4 Å². The molecule has 2 amide bonds. The Bertz CT molecular complexity index is 154. The number of carbonyl (C=O) groups is 1. The van der Waals surface area contributed by atoms with Crippen LogP contribution in [0, 0.1) is 0 Å². The third-order valence-electron chi connectivity index (χ3n) is 1.80. The van der Waals surface area contributed by atoms with Gasteiger partial charge in [-0.25, -0.2) is 4.79 Å². The number of rotatable bonds is 4. The van der Waals surface area contributed by atoms with E-state index < -0.39 is 0 Å². The molecule has 1 aliphatic carbocycles. The van der Waals surface area contributed by atoms with Crippen molar-refractivity contribution in [1.29, 1.82) is 0 Å². The Hall–Kier alpha value is -0.770. The Kier molecular flexibility index (Phi) is 3.34. The number of hydrogen-bond acceptors (Lipinski definition) is 2. The minimum atomic E-state index is -0.0573. The van der Waals surface area contributed by atoms with Crippen molar-refractivity contribution in [2.75, 3.05) is 6.54 Å². The van der Waals surface area contributed by atoms with Crippen molar-refractivity contribution in [1.82, 2.24) is 10.6 Å². The summed E-state index contributed by atoms with van der Waals surface area (Å²) in [6.07, 6.45) is 3.08. The van der Waals surface area contributed by atoms with Crippen molar-refractivity contribution in [2.45, 2.75) is 38.3 Å². The van der Waals surface area contributed by atoms with E-state index in [9.17, 15) is 4.79 Å². The third kappa shape index (κ3) is 4.18. The molecule has 0 spiro atoms. The monoisotopic (exact) mass is 171 g/mol. The number of amides is 2. The van der Waals surface area contributed by atoms with Crippen molar-refractivity contribution in [3.05, 3.63) is 0 Å². The van der Waals surface area contributed by atoms with Crippen molar-refractivity contribution in [2.24, 2.45) is 5.73 Å². The molecule has 0 heterocycles. The smallest absolute Gasteiger partial charge is 0.315 e. The minimum Gasteiger partial charge on any atom is -0.338 e. The molecular formula is C8H17N3O. The van der Waals surface area contributed by atoms with Crippen LogP contribution in [0.4, 0.5) is 4.79 Å².